The smallest absolute Gasteiger partial charge is 0.272 e. The number of hydrogen-bond acceptors (Lipinski definition) is 5. The third-order valence-corrected chi connectivity index (χ3v) is 5.26. The van der Waals surface area contributed by atoms with Crippen LogP contribution in [0.5, 0.6) is 5.75 Å². The molecule has 3 aromatic rings. The highest BCUT2D eigenvalue weighted by Crippen LogP contribution is 2.24. The molecule has 8 nitrogen and oxygen atoms in total. The Morgan fingerprint density at radius 3 is 2.42 bits per heavy atom. The van der Waals surface area contributed by atoms with Crippen molar-refractivity contribution in [2.75, 3.05) is 12.4 Å². The van der Waals surface area contributed by atoms with Gasteiger partial charge in [-0.25, -0.2) is 0 Å². The van der Waals surface area contributed by atoms with Crippen molar-refractivity contribution in [3.05, 3.63) is 103 Å². The minimum atomic E-state index is -0.635. The van der Waals surface area contributed by atoms with Gasteiger partial charge >= 0.3 is 0 Å². The predicted octanol–water partition coefficient (Wildman–Crippen LogP) is 5.43. The molecule has 3 aromatic carbocycles. The van der Waals surface area contributed by atoms with Crippen molar-refractivity contribution in [1.29, 1.82) is 0 Å². The molecule has 0 fully saturated rings. The van der Waals surface area contributed by atoms with Gasteiger partial charge in [-0.05, 0) is 54.1 Å². The van der Waals surface area contributed by atoms with Gasteiger partial charge in [-0.3, -0.25) is 19.7 Å². The molecule has 0 saturated heterocycles. The first-order valence-electron chi connectivity index (χ1n) is 9.45. The summed E-state index contributed by atoms with van der Waals surface area (Å²) in [7, 11) is 1.43. The summed E-state index contributed by atoms with van der Waals surface area (Å²) in [6.45, 7) is 0. The van der Waals surface area contributed by atoms with Crippen LogP contribution in [0.1, 0.15) is 15.9 Å². The molecule has 0 unspecified atom stereocenters. The van der Waals surface area contributed by atoms with E-state index < -0.39 is 16.7 Å². The first kappa shape index (κ1) is 24.0. The summed E-state index contributed by atoms with van der Waals surface area (Å²) in [5, 5.41) is 16.5. The number of methoxy groups -OCH3 is 1. The van der Waals surface area contributed by atoms with Crippen LogP contribution >= 0.6 is 27.5 Å². The maximum atomic E-state index is 13.0. The van der Waals surface area contributed by atoms with Gasteiger partial charge in [-0.15, -0.1) is 0 Å². The van der Waals surface area contributed by atoms with Crippen LogP contribution < -0.4 is 15.4 Å². The minimum absolute atomic E-state index is 0.0999. The zero-order chi connectivity index (χ0) is 24.0. The number of amides is 2. The van der Waals surface area contributed by atoms with E-state index in [0.717, 1.165) is 0 Å². The van der Waals surface area contributed by atoms with Crippen LogP contribution in [0.4, 0.5) is 11.4 Å². The van der Waals surface area contributed by atoms with Gasteiger partial charge in [0, 0.05) is 16.6 Å². The van der Waals surface area contributed by atoms with Gasteiger partial charge in [-0.2, -0.15) is 0 Å². The summed E-state index contributed by atoms with van der Waals surface area (Å²) < 4.78 is 5.89. The molecule has 0 aliphatic carbocycles. The number of para-hydroxylation sites is 1. The molecule has 3 rings (SSSR count). The fourth-order valence-corrected chi connectivity index (χ4v) is 3.36. The van der Waals surface area contributed by atoms with E-state index in [4.69, 9.17) is 16.3 Å². The van der Waals surface area contributed by atoms with Gasteiger partial charge in [-0.1, -0.05) is 39.7 Å². The number of rotatable bonds is 7. The minimum Gasteiger partial charge on any atom is -0.496 e. The monoisotopic (exact) mass is 529 g/mol. The molecule has 2 N–H and O–H groups in total. The third kappa shape index (κ3) is 6.18. The lowest BCUT2D eigenvalue weighted by molar-refractivity contribution is -0.384. The SMILES string of the molecule is COc1ccc(Br)cc1C(=O)NC(=Cc1ccc([N+](=O)[O-])cc1)C(=O)Nc1ccccc1Cl. The van der Waals surface area contributed by atoms with E-state index in [0.29, 0.717) is 26.5 Å². The molecule has 0 saturated carbocycles. The average Bonchev–Trinajstić information content (AvgIpc) is 2.80. The molecule has 2 amide bonds. The Hall–Kier alpha value is -3.69. The second-order valence-corrected chi connectivity index (χ2v) is 7.96. The molecular weight excluding hydrogens is 514 g/mol. The number of halogens is 2. The molecule has 0 spiro atoms. The Morgan fingerprint density at radius 2 is 1.79 bits per heavy atom. The highest BCUT2D eigenvalue weighted by Gasteiger charge is 2.19. The number of nitro groups is 1. The lowest BCUT2D eigenvalue weighted by Gasteiger charge is -2.14. The van der Waals surface area contributed by atoms with Crippen molar-refractivity contribution < 1.29 is 19.2 Å². The molecule has 0 atom stereocenters. The Labute approximate surface area is 202 Å². The van der Waals surface area contributed by atoms with Crippen molar-refractivity contribution in [3.63, 3.8) is 0 Å². The Kier molecular flexibility index (Phi) is 7.81. The molecule has 0 aromatic heterocycles. The van der Waals surface area contributed by atoms with Gasteiger partial charge in [0.05, 0.1) is 28.3 Å². The molecule has 0 aliphatic heterocycles. The lowest BCUT2D eigenvalue weighted by Crippen LogP contribution is -2.31. The number of hydrogen-bond donors (Lipinski definition) is 2. The number of carbonyl (C=O) groups excluding carboxylic acids is 2. The maximum Gasteiger partial charge on any atom is 0.272 e. The Morgan fingerprint density at radius 1 is 1.09 bits per heavy atom. The summed E-state index contributed by atoms with van der Waals surface area (Å²) in [6.07, 6.45) is 1.40. The summed E-state index contributed by atoms with van der Waals surface area (Å²) in [5.74, 6) is -0.906. The van der Waals surface area contributed by atoms with Crippen LogP contribution in [0.2, 0.25) is 5.02 Å². The average molecular weight is 531 g/mol. The molecule has 0 heterocycles. The largest absolute Gasteiger partial charge is 0.496 e. The molecular formula is C23H17BrClN3O5. The Bertz CT molecular complexity index is 1250. The van der Waals surface area contributed by atoms with E-state index in [-0.39, 0.29) is 16.9 Å². The van der Waals surface area contributed by atoms with E-state index in [9.17, 15) is 19.7 Å². The molecule has 168 valence electrons. The normalized spacial score (nSPS) is 10.9. The van der Waals surface area contributed by atoms with Gasteiger partial charge in [0.1, 0.15) is 11.4 Å². The number of non-ortho nitro benzene ring substituents is 1. The van der Waals surface area contributed by atoms with Gasteiger partial charge in [0.15, 0.2) is 0 Å². The fourth-order valence-electron chi connectivity index (χ4n) is 2.82. The van der Waals surface area contributed by atoms with E-state index in [2.05, 4.69) is 26.6 Å². The standard InChI is InChI=1S/C23H17BrClN3O5/c1-33-21-11-8-15(24)13-17(21)22(29)27-20(12-14-6-9-16(10-7-14)28(31)32)23(30)26-19-5-3-2-4-18(19)25/h2-13H,1H3,(H,26,30)(H,27,29). The zero-order valence-electron chi connectivity index (χ0n) is 17.2. The summed E-state index contributed by atoms with van der Waals surface area (Å²) in [6, 6.07) is 17.1. The number of carbonyl (C=O) groups is 2. The van der Waals surface area contributed by atoms with Crippen LogP contribution in [0, 0.1) is 10.1 Å². The predicted molar refractivity (Wildman–Crippen MR) is 129 cm³/mol. The van der Waals surface area contributed by atoms with E-state index in [1.54, 1.807) is 42.5 Å². The molecule has 0 aliphatic rings. The maximum absolute atomic E-state index is 13.0. The quantitative estimate of drug-likeness (QED) is 0.240. The number of ether oxygens (including phenoxy) is 1. The number of anilines is 1. The highest BCUT2D eigenvalue weighted by atomic mass is 79.9. The van der Waals surface area contributed by atoms with Gasteiger partial charge in [0.25, 0.3) is 17.5 Å². The van der Waals surface area contributed by atoms with Crippen LogP contribution in [0.3, 0.4) is 0 Å². The second-order valence-electron chi connectivity index (χ2n) is 6.64. The van der Waals surface area contributed by atoms with Crippen LogP contribution in [0.15, 0.2) is 76.9 Å². The van der Waals surface area contributed by atoms with E-state index in [1.165, 1.54) is 37.5 Å². The van der Waals surface area contributed by atoms with Crippen molar-refractivity contribution in [1.82, 2.24) is 5.32 Å². The van der Waals surface area contributed by atoms with Crippen molar-refractivity contribution in [3.8, 4) is 5.75 Å². The molecule has 0 bridgehead atoms. The highest BCUT2D eigenvalue weighted by molar-refractivity contribution is 9.10. The number of benzene rings is 3. The van der Waals surface area contributed by atoms with E-state index in [1.807, 2.05) is 0 Å². The fraction of sp³-hybridized carbons (Fsp3) is 0.0435. The first-order chi connectivity index (χ1) is 15.8. The number of nitro benzene ring substituents is 1. The summed E-state index contributed by atoms with van der Waals surface area (Å²) in [4.78, 5) is 36.4. The first-order valence-corrected chi connectivity index (χ1v) is 10.6. The topological polar surface area (TPSA) is 111 Å². The number of nitrogens with one attached hydrogen (secondary N) is 2. The summed E-state index contributed by atoms with van der Waals surface area (Å²) >= 11 is 9.45. The second kappa shape index (κ2) is 10.8. The number of nitrogens with zero attached hydrogens (tertiary/aromatic N) is 1. The molecule has 10 heteroatoms. The van der Waals surface area contributed by atoms with Crippen molar-refractivity contribution in [2.45, 2.75) is 0 Å². The Balaban J connectivity index is 1.96. The van der Waals surface area contributed by atoms with Gasteiger partial charge in [0.2, 0.25) is 0 Å². The summed E-state index contributed by atoms with van der Waals surface area (Å²) in [5.41, 5.74) is 0.819. The molecule has 33 heavy (non-hydrogen) atoms. The van der Waals surface area contributed by atoms with Crippen LogP contribution in [-0.2, 0) is 4.79 Å². The molecule has 0 radical (unpaired) electrons. The lowest BCUT2D eigenvalue weighted by atomic mass is 10.1. The van der Waals surface area contributed by atoms with Crippen molar-refractivity contribution in [2.24, 2.45) is 0 Å². The van der Waals surface area contributed by atoms with Crippen LogP contribution in [-0.4, -0.2) is 23.8 Å². The third-order valence-electron chi connectivity index (χ3n) is 4.44. The zero-order valence-corrected chi connectivity index (χ0v) is 19.5. The van der Waals surface area contributed by atoms with E-state index >= 15 is 0 Å². The van der Waals surface area contributed by atoms with Gasteiger partial charge < -0.3 is 15.4 Å². The van der Waals surface area contributed by atoms with Crippen LogP contribution in [0.25, 0.3) is 6.08 Å². The van der Waals surface area contributed by atoms with Crippen molar-refractivity contribution >= 4 is 56.8 Å².